The molecule has 0 bridgehead atoms. The molecule has 5 rings (SSSR count). The number of amides is 1. The quantitative estimate of drug-likeness (QED) is 0.251. The van der Waals surface area contributed by atoms with E-state index < -0.39 is 5.91 Å². The van der Waals surface area contributed by atoms with E-state index in [2.05, 4.69) is 20.5 Å². The highest BCUT2D eigenvalue weighted by atomic mass is 19.1. The molecule has 0 saturated heterocycles. The number of pyridine rings is 1. The van der Waals surface area contributed by atoms with Crippen LogP contribution in [0.5, 0.6) is 11.5 Å². The number of nitrogens with zero attached hydrogens (tertiary/aromatic N) is 3. The molecule has 0 aliphatic carbocycles. The molecule has 0 atom stereocenters. The van der Waals surface area contributed by atoms with Gasteiger partial charge in [0.25, 0.3) is 11.8 Å². The van der Waals surface area contributed by atoms with E-state index in [9.17, 15) is 9.18 Å². The second kappa shape index (κ2) is 12.0. The van der Waals surface area contributed by atoms with Crippen molar-refractivity contribution in [2.75, 3.05) is 0 Å². The van der Waals surface area contributed by atoms with E-state index >= 15 is 0 Å². The van der Waals surface area contributed by atoms with Gasteiger partial charge in [-0.25, -0.2) is 9.37 Å². The number of nitrogens with one attached hydrogen (secondary N) is 1. The van der Waals surface area contributed by atoms with Crippen LogP contribution < -0.4 is 14.8 Å². The molecule has 0 fully saturated rings. The van der Waals surface area contributed by atoms with Crippen molar-refractivity contribution in [3.63, 3.8) is 0 Å². The van der Waals surface area contributed by atoms with Crippen molar-refractivity contribution in [3.8, 4) is 23.1 Å². The van der Waals surface area contributed by atoms with Crippen LogP contribution in [-0.2, 0) is 19.8 Å². The van der Waals surface area contributed by atoms with Gasteiger partial charge in [-0.2, -0.15) is 0 Å². The molecule has 0 radical (unpaired) electrons. The molecule has 3 aromatic carbocycles. The number of ether oxygens (including phenoxy) is 2. The second-order valence-electron chi connectivity index (χ2n) is 8.67. The fraction of sp³-hybridized carbons (Fsp3) is 0.133. The van der Waals surface area contributed by atoms with E-state index in [1.54, 1.807) is 25.1 Å². The highest BCUT2D eigenvalue weighted by Gasteiger charge is 2.24. The van der Waals surface area contributed by atoms with Crippen molar-refractivity contribution in [2.24, 2.45) is 0 Å². The van der Waals surface area contributed by atoms with Crippen LogP contribution >= 0.6 is 0 Å². The molecular formula is C30H25FN4O4. The van der Waals surface area contributed by atoms with Gasteiger partial charge in [0.15, 0.2) is 17.2 Å². The summed E-state index contributed by atoms with van der Waals surface area (Å²) in [6.45, 7) is 2.23. The van der Waals surface area contributed by atoms with Crippen LogP contribution in [0.3, 0.4) is 0 Å². The van der Waals surface area contributed by atoms with E-state index in [-0.39, 0.29) is 48.6 Å². The molecule has 0 unspecified atom stereocenters. The van der Waals surface area contributed by atoms with Gasteiger partial charge in [-0.1, -0.05) is 72.8 Å². The molecular weight excluding hydrogens is 499 g/mol. The SMILES string of the molecule is Cc1nnc(-c2cc(OCc3ccccc3)c(OCc3ccccc3)c(C(=O)NCc3ccc(F)cc3)n2)o1. The average Bonchev–Trinajstić information content (AvgIpc) is 3.41. The van der Waals surface area contributed by atoms with Gasteiger partial charge in [0.05, 0.1) is 0 Å². The van der Waals surface area contributed by atoms with Crippen molar-refractivity contribution in [1.29, 1.82) is 0 Å². The molecule has 196 valence electrons. The van der Waals surface area contributed by atoms with Crippen molar-refractivity contribution in [1.82, 2.24) is 20.5 Å². The Balaban J connectivity index is 1.51. The summed E-state index contributed by atoms with van der Waals surface area (Å²) >= 11 is 0. The number of carbonyl (C=O) groups excluding carboxylic acids is 1. The summed E-state index contributed by atoms with van der Waals surface area (Å²) in [4.78, 5) is 18.0. The first kappa shape index (κ1) is 25.6. The zero-order chi connectivity index (χ0) is 27.0. The third-order valence-corrected chi connectivity index (χ3v) is 5.73. The largest absolute Gasteiger partial charge is 0.485 e. The summed E-state index contributed by atoms with van der Waals surface area (Å²) in [7, 11) is 0. The Hall–Kier alpha value is -5.05. The highest BCUT2D eigenvalue weighted by molar-refractivity contribution is 5.96. The minimum Gasteiger partial charge on any atom is -0.485 e. The van der Waals surface area contributed by atoms with Crippen LogP contribution in [-0.4, -0.2) is 21.1 Å². The molecule has 0 aliphatic heterocycles. The van der Waals surface area contributed by atoms with E-state index in [1.807, 2.05) is 60.7 Å². The van der Waals surface area contributed by atoms with Crippen LogP contribution in [0.2, 0.25) is 0 Å². The summed E-state index contributed by atoms with van der Waals surface area (Å²) in [6, 6.07) is 26.7. The van der Waals surface area contributed by atoms with Gasteiger partial charge in [0.2, 0.25) is 5.89 Å². The number of benzene rings is 3. The third kappa shape index (κ3) is 6.64. The molecule has 2 aromatic heterocycles. The first-order valence-corrected chi connectivity index (χ1v) is 12.3. The van der Waals surface area contributed by atoms with Crippen LogP contribution in [0.1, 0.15) is 33.1 Å². The standard InChI is InChI=1S/C30H25FN4O4/c1-20-34-35-30(39-20)25-16-26(37-18-22-8-4-2-5-9-22)28(38-19-23-10-6-3-7-11-23)27(33-25)29(36)32-17-21-12-14-24(31)15-13-21/h2-16H,17-19H2,1H3,(H,32,36). The number of aryl methyl sites for hydroxylation is 1. The van der Waals surface area contributed by atoms with Crippen molar-refractivity contribution < 1.29 is 23.1 Å². The Labute approximate surface area is 224 Å². The summed E-state index contributed by atoms with van der Waals surface area (Å²) in [5.41, 5.74) is 2.81. The van der Waals surface area contributed by atoms with E-state index in [0.717, 1.165) is 16.7 Å². The van der Waals surface area contributed by atoms with Gasteiger partial charge in [-0.15, -0.1) is 10.2 Å². The molecule has 8 nitrogen and oxygen atoms in total. The van der Waals surface area contributed by atoms with Gasteiger partial charge in [-0.3, -0.25) is 4.79 Å². The summed E-state index contributed by atoms with van der Waals surface area (Å²) in [5.74, 6) is 0.0922. The van der Waals surface area contributed by atoms with E-state index in [0.29, 0.717) is 11.6 Å². The fourth-order valence-electron chi connectivity index (χ4n) is 3.75. The number of rotatable bonds is 10. The zero-order valence-corrected chi connectivity index (χ0v) is 21.1. The Morgan fingerprint density at radius 2 is 1.49 bits per heavy atom. The van der Waals surface area contributed by atoms with Crippen LogP contribution in [0.15, 0.2) is 95.4 Å². The van der Waals surface area contributed by atoms with Gasteiger partial charge in [-0.05, 0) is 28.8 Å². The fourth-order valence-corrected chi connectivity index (χ4v) is 3.75. The minimum absolute atomic E-state index is 0.00976. The lowest BCUT2D eigenvalue weighted by Gasteiger charge is -2.17. The molecule has 5 aromatic rings. The van der Waals surface area contributed by atoms with E-state index in [4.69, 9.17) is 13.9 Å². The molecule has 2 heterocycles. The normalized spacial score (nSPS) is 10.7. The maximum absolute atomic E-state index is 13.5. The van der Waals surface area contributed by atoms with Crippen LogP contribution in [0, 0.1) is 12.7 Å². The van der Waals surface area contributed by atoms with Crippen molar-refractivity contribution in [3.05, 3.63) is 125 Å². The molecule has 9 heteroatoms. The smallest absolute Gasteiger partial charge is 0.274 e. The van der Waals surface area contributed by atoms with Crippen LogP contribution in [0.25, 0.3) is 11.6 Å². The lowest BCUT2D eigenvalue weighted by atomic mass is 10.2. The van der Waals surface area contributed by atoms with Gasteiger partial charge < -0.3 is 19.2 Å². The lowest BCUT2D eigenvalue weighted by molar-refractivity contribution is 0.0939. The van der Waals surface area contributed by atoms with Gasteiger partial charge in [0.1, 0.15) is 24.7 Å². The average molecular weight is 525 g/mol. The number of hydrogen-bond donors (Lipinski definition) is 1. The predicted octanol–water partition coefficient (Wildman–Crippen LogP) is 5.67. The first-order valence-electron chi connectivity index (χ1n) is 12.3. The highest BCUT2D eigenvalue weighted by Crippen LogP contribution is 2.35. The van der Waals surface area contributed by atoms with Gasteiger partial charge in [0, 0.05) is 19.5 Å². The molecule has 0 saturated carbocycles. The zero-order valence-electron chi connectivity index (χ0n) is 21.1. The Morgan fingerprint density at radius 3 is 2.10 bits per heavy atom. The monoisotopic (exact) mass is 524 g/mol. The molecule has 1 N–H and O–H groups in total. The Kier molecular flexibility index (Phi) is 7.87. The molecule has 1 amide bonds. The topological polar surface area (TPSA) is 99.4 Å². The number of halogens is 1. The predicted molar refractivity (Wildman–Crippen MR) is 141 cm³/mol. The lowest BCUT2D eigenvalue weighted by Crippen LogP contribution is -2.25. The number of aromatic nitrogens is 3. The molecule has 0 spiro atoms. The first-order chi connectivity index (χ1) is 19.0. The van der Waals surface area contributed by atoms with E-state index in [1.165, 1.54) is 12.1 Å². The maximum atomic E-state index is 13.5. The number of hydrogen-bond acceptors (Lipinski definition) is 7. The summed E-state index contributed by atoms with van der Waals surface area (Å²) in [6.07, 6.45) is 0. The summed E-state index contributed by atoms with van der Waals surface area (Å²) < 4.78 is 31.2. The van der Waals surface area contributed by atoms with Crippen LogP contribution in [0.4, 0.5) is 4.39 Å². The molecule has 0 aliphatic rings. The Bertz CT molecular complexity index is 1540. The minimum atomic E-state index is -0.509. The van der Waals surface area contributed by atoms with Crippen molar-refractivity contribution >= 4 is 5.91 Å². The summed E-state index contributed by atoms with van der Waals surface area (Å²) in [5, 5.41) is 10.8. The van der Waals surface area contributed by atoms with Crippen molar-refractivity contribution in [2.45, 2.75) is 26.7 Å². The number of carbonyl (C=O) groups is 1. The van der Waals surface area contributed by atoms with Gasteiger partial charge >= 0.3 is 0 Å². The Morgan fingerprint density at radius 1 is 0.846 bits per heavy atom. The molecule has 39 heavy (non-hydrogen) atoms. The maximum Gasteiger partial charge on any atom is 0.274 e. The third-order valence-electron chi connectivity index (χ3n) is 5.73. The second-order valence-corrected chi connectivity index (χ2v) is 8.67.